The van der Waals surface area contributed by atoms with Crippen LogP contribution in [0.3, 0.4) is 0 Å². The van der Waals surface area contributed by atoms with Crippen LogP contribution in [-0.4, -0.2) is 22.7 Å². The van der Waals surface area contributed by atoms with Gasteiger partial charge in [-0.2, -0.15) is 0 Å². The minimum Gasteiger partial charge on any atom is -0.375 e. The summed E-state index contributed by atoms with van der Waals surface area (Å²) in [6.07, 6.45) is 4.73. The average molecular weight is 271 g/mol. The van der Waals surface area contributed by atoms with Crippen molar-refractivity contribution in [2.24, 2.45) is 0 Å². The van der Waals surface area contributed by atoms with E-state index in [-0.39, 0.29) is 5.91 Å². The number of rotatable bonds is 4. The number of nitrogens with two attached hydrogens (primary N) is 1. The highest BCUT2D eigenvalue weighted by atomic mass is 32.2. The summed E-state index contributed by atoms with van der Waals surface area (Å²) < 4.78 is 1.05. The van der Waals surface area contributed by atoms with Crippen LogP contribution in [-0.2, 0) is 4.79 Å². The third kappa shape index (κ3) is 3.61. The van der Waals surface area contributed by atoms with Gasteiger partial charge in [-0.05, 0) is 19.8 Å². The van der Waals surface area contributed by atoms with Gasteiger partial charge in [0.2, 0.25) is 5.91 Å². The van der Waals surface area contributed by atoms with E-state index in [2.05, 4.69) is 10.3 Å². The molecular formula is C11H17N3OS2. The number of hydrogen-bond acceptors (Lipinski definition) is 5. The fourth-order valence-electron chi connectivity index (χ4n) is 2.01. The summed E-state index contributed by atoms with van der Waals surface area (Å²) in [6, 6.07) is 0.399. The highest BCUT2D eigenvalue weighted by Crippen LogP contribution is 2.30. The van der Waals surface area contributed by atoms with E-state index in [1.165, 1.54) is 35.9 Å². The monoisotopic (exact) mass is 271 g/mol. The molecule has 0 spiro atoms. The Bertz CT molecular complexity index is 399. The molecule has 1 aliphatic carbocycles. The molecule has 0 bridgehead atoms. The van der Waals surface area contributed by atoms with Crippen LogP contribution >= 0.6 is 23.1 Å². The van der Waals surface area contributed by atoms with E-state index >= 15 is 0 Å². The number of amides is 1. The lowest BCUT2D eigenvalue weighted by molar-refractivity contribution is -0.119. The van der Waals surface area contributed by atoms with Crippen LogP contribution in [0.5, 0.6) is 0 Å². The van der Waals surface area contributed by atoms with Gasteiger partial charge in [0, 0.05) is 6.04 Å². The van der Waals surface area contributed by atoms with Crippen LogP contribution in [0.15, 0.2) is 4.21 Å². The predicted molar refractivity (Wildman–Crippen MR) is 72.4 cm³/mol. The third-order valence-electron chi connectivity index (χ3n) is 2.83. The van der Waals surface area contributed by atoms with Crippen LogP contribution in [0.4, 0.5) is 5.13 Å². The number of hydrogen-bond donors (Lipinski definition) is 2. The lowest BCUT2D eigenvalue weighted by Gasteiger charge is -2.11. The SMILES string of the molecule is Cc1nc(N)sc1SCC(=O)NC1CCCC1. The molecule has 1 aromatic rings. The molecule has 2 rings (SSSR count). The van der Waals surface area contributed by atoms with E-state index in [0.717, 1.165) is 22.7 Å². The van der Waals surface area contributed by atoms with Gasteiger partial charge in [-0.1, -0.05) is 24.2 Å². The minimum absolute atomic E-state index is 0.119. The Morgan fingerprint density at radius 3 is 2.88 bits per heavy atom. The van der Waals surface area contributed by atoms with Gasteiger partial charge in [-0.25, -0.2) is 4.98 Å². The summed E-state index contributed by atoms with van der Waals surface area (Å²) in [5.74, 6) is 0.576. The van der Waals surface area contributed by atoms with Crippen LogP contribution < -0.4 is 11.1 Å². The second-order valence-corrected chi connectivity index (χ2v) is 6.54. The van der Waals surface area contributed by atoms with Crippen molar-refractivity contribution in [3.63, 3.8) is 0 Å². The standard InChI is InChI=1S/C11H17N3OS2/c1-7-10(17-11(12)13-7)16-6-9(15)14-8-4-2-3-5-8/h8H,2-6H2,1H3,(H2,12,13)(H,14,15). The predicted octanol–water partition coefficient (Wildman–Crippen LogP) is 2.18. The van der Waals surface area contributed by atoms with Crippen molar-refractivity contribution in [3.05, 3.63) is 5.69 Å². The largest absolute Gasteiger partial charge is 0.375 e. The number of nitrogens with zero attached hydrogens (tertiary/aromatic N) is 1. The Labute approximate surface area is 109 Å². The Hall–Kier alpha value is -0.750. The fourth-order valence-corrected chi connectivity index (χ4v) is 3.84. The summed E-state index contributed by atoms with van der Waals surface area (Å²) >= 11 is 2.97. The summed E-state index contributed by atoms with van der Waals surface area (Å²) in [5.41, 5.74) is 6.53. The van der Waals surface area contributed by atoms with Gasteiger partial charge < -0.3 is 11.1 Å². The van der Waals surface area contributed by atoms with E-state index in [4.69, 9.17) is 5.73 Å². The molecule has 0 unspecified atom stereocenters. The summed E-state index contributed by atoms with van der Waals surface area (Å²) in [7, 11) is 0. The molecule has 1 heterocycles. The number of thioether (sulfide) groups is 1. The molecule has 3 N–H and O–H groups in total. The van der Waals surface area contributed by atoms with Gasteiger partial charge in [-0.15, -0.1) is 11.8 Å². The molecule has 6 heteroatoms. The highest BCUT2D eigenvalue weighted by molar-refractivity contribution is 8.01. The molecule has 0 aromatic carbocycles. The molecule has 1 saturated carbocycles. The first-order valence-corrected chi connectivity index (χ1v) is 7.60. The quantitative estimate of drug-likeness (QED) is 0.824. The Balaban J connectivity index is 1.77. The van der Waals surface area contributed by atoms with E-state index < -0.39 is 0 Å². The molecule has 1 aromatic heterocycles. The first-order valence-electron chi connectivity index (χ1n) is 5.80. The average Bonchev–Trinajstić information content (AvgIpc) is 2.86. The molecular weight excluding hydrogens is 254 g/mol. The van der Waals surface area contributed by atoms with Crippen LogP contribution in [0.1, 0.15) is 31.4 Å². The lowest BCUT2D eigenvalue weighted by atomic mass is 10.2. The van der Waals surface area contributed by atoms with Gasteiger partial charge in [0.1, 0.15) is 0 Å². The number of anilines is 1. The van der Waals surface area contributed by atoms with Crippen LogP contribution in [0.2, 0.25) is 0 Å². The smallest absolute Gasteiger partial charge is 0.230 e. The van der Waals surface area contributed by atoms with Crippen molar-refractivity contribution in [1.82, 2.24) is 10.3 Å². The lowest BCUT2D eigenvalue weighted by Crippen LogP contribution is -2.33. The van der Waals surface area contributed by atoms with Crippen molar-refractivity contribution >= 4 is 34.1 Å². The molecule has 0 atom stereocenters. The number of aromatic nitrogens is 1. The second kappa shape index (κ2) is 5.73. The number of nitrogens with one attached hydrogen (secondary N) is 1. The molecule has 0 radical (unpaired) electrons. The van der Waals surface area contributed by atoms with E-state index in [0.29, 0.717) is 16.9 Å². The summed E-state index contributed by atoms with van der Waals surface area (Å²) in [4.78, 5) is 15.8. The van der Waals surface area contributed by atoms with Gasteiger partial charge in [0.15, 0.2) is 5.13 Å². The Morgan fingerprint density at radius 2 is 2.29 bits per heavy atom. The summed E-state index contributed by atoms with van der Waals surface area (Å²) in [6.45, 7) is 1.92. The topological polar surface area (TPSA) is 68.0 Å². The Morgan fingerprint density at radius 1 is 1.59 bits per heavy atom. The highest BCUT2D eigenvalue weighted by Gasteiger charge is 2.17. The third-order valence-corrected chi connectivity index (χ3v) is 5.17. The maximum Gasteiger partial charge on any atom is 0.230 e. The molecule has 0 saturated heterocycles. The maximum atomic E-state index is 11.7. The molecule has 94 valence electrons. The van der Waals surface area contributed by atoms with Crippen molar-refractivity contribution in [3.8, 4) is 0 Å². The van der Waals surface area contributed by atoms with Crippen molar-refractivity contribution in [1.29, 1.82) is 0 Å². The molecule has 1 amide bonds. The maximum absolute atomic E-state index is 11.7. The molecule has 17 heavy (non-hydrogen) atoms. The van der Waals surface area contributed by atoms with Crippen molar-refractivity contribution < 1.29 is 4.79 Å². The van der Waals surface area contributed by atoms with Crippen molar-refractivity contribution in [2.75, 3.05) is 11.5 Å². The molecule has 1 fully saturated rings. The van der Waals surface area contributed by atoms with Gasteiger partial charge in [0.25, 0.3) is 0 Å². The van der Waals surface area contributed by atoms with Gasteiger partial charge >= 0.3 is 0 Å². The second-order valence-electron chi connectivity index (χ2n) is 4.26. The van der Waals surface area contributed by atoms with E-state index in [1.54, 1.807) is 0 Å². The molecule has 0 aliphatic heterocycles. The van der Waals surface area contributed by atoms with E-state index in [1.807, 2.05) is 6.92 Å². The number of aryl methyl sites for hydroxylation is 1. The molecule has 1 aliphatic rings. The van der Waals surface area contributed by atoms with Crippen LogP contribution in [0.25, 0.3) is 0 Å². The first kappa shape index (κ1) is 12.7. The normalized spacial score (nSPS) is 16.3. The zero-order valence-electron chi connectivity index (χ0n) is 9.86. The molecule has 4 nitrogen and oxygen atoms in total. The van der Waals surface area contributed by atoms with Crippen LogP contribution in [0, 0.1) is 6.92 Å². The minimum atomic E-state index is 0.119. The van der Waals surface area contributed by atoms with Crippen molar-refractivity contribution in [2.45, 2.75) is 42.9 Å². The van der Waals surface area contributed by atoms with Gasteiger partial charge in [-0.3, -0.25) is 4.79 Å². The first-order chi connectivity index (χ1) is 8.15. The van der Waals surface area contributed by atoms with E-state index in [9.17, 15) is 4.79 Å². The van der Waals surface area contributed by atoms with Gasteiger partial charge in [0.05, 0.1) is 15.7 Å². The fraction of sp³-hybridized carbons (Fsp3) is 0.636. The summed E-state index contributed by atoms with van der Waals surface area (Å²) in [5, 5.41) is 3.64. The number of nitrogen functional groups attached to an aromatic ring is 1. The number of carbonyl (C=O) groups is 1. The zero-order chi connectivity index (χ0) is 12.3. The number of carbonyl (C=O) groups excluding carboxylic acids is 1. The zero-order valence-corrected chi connectivity index (χ0v) is 11.5. The number of thiazole rings is 1. The Kier molecular flexibility index (Phi) is 4.28.